The summed E-state index contributed by atoms with van der Waals surface area (Å²) in [5, 5.41) is 7.76. The van der Waals surface area contributed by atoms with Crippen molar-refractivity contribution >= 4 is 22.7 Å². The molecule has 2 N–H and O–H groups in total. The van der Waals surface area contributed by atoms with E-state index in [4.69, 9.17) is 10.1 Å². The molecule has 0 saturated heterocycles. The summed E-state index contributed by atoms with van der Waals surface area (Å²) in [5.41, 5.74) is 1.18. The average molecular weight is 260 g/mol. The van der Waals surface area contributed by atoms with Crippen LogP contribution in [0.1, 0.15) is 0 Å². The molecule has 80 valence electrons. The first-order chi connectivity index (χ1) is 6.79. The minimum atomic E-state index is 0. The van der Waals surface area contributed by atoms with Gasteiger partial charge in [-0.3, -0.25) is 0 Å². The maximum absolute atomic E-state index is 5.68. The molecule has 2 nitrogen and oxygen atoms in total. The van der Waals surface area contributed by atoms with Crippen LogP contribution in [0.25, 0.3) is 10.4 Å². The Morgan fingerprint density at radius 2 is 1.87 bits per heavy atom. The van der Waals surface area contributed by atoms with E-state index in [1.165, 1.54) is 10.4 Å². The molecule has 1 heterocycles. The zero-order chi connectivity index (χ0) is 9.97. The van der Waals surface area contributed by atoms with Crippen molar-refractivity contribution in [1.82, 2.24) is 0 Å². The third-order valence-electron chi connectivity index (χ3n) is 1.87. The summed E-state index contributed by atoms with van der Waals surface area (Å²) in [4.78, 5) is 1.20. The Balaban J connectivity index is 0.00000112. The highest BCUT2D eigenvalue weighted by atomic mass is 35.5. The molecule has 2 aromatic rings. The summed E-state index contributed by atoms with van der Waals surface area (Å²) in [6, 6.07) is 7.99. The zero-order valence-electron chi connectivity index (χ0n) is 8.07. The molecule has 0 unspecified atom stereocenters. The van der Waals surface area contributed by atoms with E-state index in [1.807, 2.05) is 24.3 Å². The van der Waals surface area contributed by atoms with Gasteiger partial charge < -0.3 is 17.1 Å². The van der Waals surface area contributed by atoms with Crippen molar-refractivity contribution in [3.8, 4) is 16.2 Å². The smallest absolute Gasteiger partial charge is 0.311 e. The third-order valence-corrected chi connectivity index (χ3v) is 3.92. The Labute approximate surface area is 102 Å². The predicted octanol–water partition coefficient (Wildman–Crippen LogP) is -1.85. The predicted molar refractivity (Wildman–Crippen MR) is 59.2 cm³/mol. The number of benzene rings is 1. The zero-order valence-corrected chi connectivity index (χ0v) is 10.5. The van der Waals surface area contributed by atoms with Gasteiger partial charge >= 0.3 is 3.98 Å². The van der Waals surface area contributed by atoms with Crippen LogP contribution in [0.2, 0.25) is 0 Å². The molecule has 0 saturated carbocycles. The van der Waals surface area contributed by atoms with Gasteiger partial charge in [-0.1, -0.05) is 22.7 Å². The van der Waals surface area contributed by atoms with Gasteiger partial charge in [-0.25, -0.2) is 5.41 Å². The molecule has 2 rings (SSSR count). The summed E-state index contributed by atoms with van der Waals surface area (Å²) >= 11 is 3.18. The van der Waals surface area contributed by atoms with Crippen LogP contribution >= 0.6 is 22.7 Å². The highest BCUT2D eigenvalue weighted by molar-refractivity contribution is 7.28. The van der Waals surface area contributed by atoms with Crippen LogP contribution in [0.5, 0.6) is 5.75 Å². The fraction of sp³-hybridized carbons (Fsp3) is 0.100. The topological polar surface area (TPSA) is 34.8 Å². The number of halogens is 1. The second-order valence-corrected chi connectivity index (χ2v) is 5.00. The Morgan fingerprint density at radius 1 is 1.20 bits per heavy atom. The SMILES string of the molecule is COc1ccc(-c2csc(=[NH2+])s2)cc1.[Cl-]. The normalized spacial score (nSPS) is 9.40. The van der Waals surface area contributed by atoms with E-state index in [0.29, 0.717) is 0 Å². The van der Waals surface area contributed by atoms with Crippen molar-refractivity contribution in [3.05, 3.63) is 33.6 Å². The van der Waals surface area contributed by atoms with Crippen molar-refractivity contribution in [2.75, 3.05) is 7.11 Å². The molecule has 0 aliphatic rings. The van der Waals surface area contributed by atoms with Gasteiger partial charge in [0.1, 0.15) is 5.75 Å². The van der Waals surface area contributed by atoms with Crippen molar-refractivity contribution < 1.29 is 22.6 Å². The van der Waals surface area contributed by atoms with Crippen LogP contribution < -0.4 is 26.5 Å². The maximum atomic E-state index is 5.68. The van der Waals surface area contributed by atoms with Gasteiger partial charge in [-0.2, -0.15) is 0 Å². The van der Waals surface area contributed by atoms with Gasteiger partial charge in [0, 0.05) is 5.38 Å². The molecule has 0 amide bonds. The van der Waals surface area contributed by atoms with Crippen LogP contribution in [0, 0.1) is 0 Å². The quantitative estimate of drug-likeness (QED) is 0.675. The van der Waals surface area contributed by atoms with E-state index in [9.17, 15) is 0 Å². The minimum absolute atomic E-state index is 0. The van der Waals surface area contributed by atoms with Crippen molar-refractivity contribution in [1.29, 1.82) is 0 Å². The molecule has 0 atom stereocenters. The standard InChI is InChI=1S/C10H9NOS2.ClH/c1-12-8-4-2-7(3-5-8)9-6-13-10(11)14-9;/h2-6,11H,1H3;1H. The average Bonchev–Trinajstić information content (AvgIpc) is 2.65. The summed E-state index contributed by atoms with van der Waals surface area (Å²) in [5.74, 6) is 0.877. The lowest BCUT2D eigenvalue weighted by Gasteiger charge is -1.99. The largest absolute Gasteiger partial charge is 1.00 e. The molecular formula is C10H10ClNOS2. The first kappa shape index (κ1) is 12.2. The van der Waals surface area contributed by atoms with E-state index in [-0.39, 0.29) is 12.4 Å². The number of hydrogen-bond acceptors (Lipinski definition) is 3. The van der Waals surface area contributed by atoms with Crippen molar-refractivity contribution in [2.45, 2.75) is 0 Å². The summed E-state index contributed by atoms with van der Waals surface area (Å²) in [6.45, 7) is 0. The number of methoxy groups -OCH3 is 1. The molecule has 0 aliphatic carbocycles. The Kier molecular flexibility index (Phi) is 4.32. The lowest BCUT2D eigenvalue weighted by atomic mass is 10.2. The number of ether oxygens (including phenoxy) is 1. The maximum Gasteiger partial charge on any atom is 0.311 e. The first-order valence-electron chi connectivity index (χ1n) is 4.11. The van der Waals surface area contributed by atoms with Gasteiger partial charge in [-0.15, -0.1) is 0 Å². The van der Waals surface area contributed by atoms with Crippen LogP contribution in [-0.4, -0.2) is 7.11 Å². The van der Waals surface area contributed by atoms with Gasteiger partial charge in [0.25, 0.3) is 0 Å². The first-order valence-corrected chi connectivity index (χ1v) is 5.81. The monoisotopic (exact) mass is 259 g/mol. The fourth-order valence-corrected chi connectivity index (χ4v) is 2.92. The fourth-order valence-electron chi connectivity index (χ4n) is 1.15. The van der Waals surface area contributed by atoms with Crippen LogP contribution in [-0.2, 0) is 0 Å². The van der Waals surface area contributed by atoms with E-state index in [0.717, 1.165) is 9.73 Å². The van der Waals surface area contributed by atoms with Crippen molar-refractivity contribution in [3.63, 3.8) is 0 Å². The number of hydrogen-bond donors (Lipinski definition) is 1. The third kappa shape index (κ3) is 2.81. The molecule has 5 heteroatoms. The molecular weight excluding hydrogens is 250 g/mol. The van der Waals surface area contributed by atoms with Gasteiger partial charge in [0.05, 0.1) is 12.0 Å². The van der Waals surface area contributed by atoms with Crippen molar-refractivity contribution in [2.24, 2.45) is 0 Å². The molecule has 0 radical (unpaired) electrons. The molecule has 15 heavy (non-hydrogen) atoms. The lowest BCUT2D eigenvalue weighted by molar-refractivity contribution is -0.161. The Hall–Kier alpha value is -0.840. The van der Waals surface area contributed by atoms with E-state index in [1.54, 1.807) is 29.8 Å². The number of rotatable bonds is 2. The molecule has 0 aliphatic heterocycles. The van der Waals surface area contributed by atoms with E-state index >= 15 is 0 Å². The van der Waals surface area contributed by atoms with Crippen LogP contribution in [0.15, 0.2) is 29.6 Å². The number of nitrogens with two attached hydrogens (primary N) is 1. The molecule has 1 aromatic carbocycles. The van der Waals surface area contributed by atoms with Crippen LogP contribution in [0.4, 0.5) is 0 Å². The van der Waals surface area contributed by atoms with E-state index < -0.39 is 0 Å². The second kappa shape index (κ2) is 5.30. The second-order valence-electron chi connectivity index (χ2n) is 2.75. The van der Waals surface area contributed by atoms with E-state index in [2.05, 4.69) is 5.38 Å². The van der Waals surface area contributed by atoms with Gasteiger partial charge in [-0.05, 0) is 29.8 Å². The highest BCUT2D eigenvalue weighted by Crippen LogP contribution is 2.25. The molecule has 1 aromatic heterocycles. The summed E-state index contributed by atoms with van der Waals surface area (Å²) < 4.78 is 5.98. The lowest BCUT2D eigenvalue weighted by Crippen LogP contribution is -3.00. The molecule has 0 fully saturated rings. The molecule has 0 bridgehead atoms. The highest BCUT2D eigenvalue weighted by Gasteiger charge is 2.01. The van der Waals surface area contributed by atoms with Crippen LogP contribution in [0.3, 0.4) is 0 Å². The van der Waals surface area contributed by atoms with Gasteiger partial charge in [0.2, 0.25) is 0 Å². The summed E-state index contributed by atoms with van der Waals surface area (Å²) in [6.07, 6.45) is 0. The minimum Gasteiger partial charge on any atom is -1.00 e. The van der Waals surface area contributed by atoms with Gasteiger partial charge in [0.15, 0.2) is 0 Å². The Morgan fingerprint density at radius 3 is 2.33 bits per heavy atom. The summed E-state index contributed by atoms with van der Waals surface area (Å²) in [7, 11) is 1.67. The Bertz CT molecular complexity index is 475. The molecule has 0 spiro atoms.